The van der Waals surface area contributed by atoms with E-state index in [1.54, 1.807) is 11.0 Å². The Morgan fingerprint density at radius 3 is 2.85 bits per heavy atom. The van der Waals surface area contributed by atoms with E-state index in [-0.39, 0.29) is 17.4 Å². The Labute approximate surface area is 154 Å². The minimum atomic E-state index is -0.386. The number of H-pyrrole nitrogens is 1. The van der Waals surface area contributed by atoms with Gasteiger partial charge in [0.25, 0.3) is 5.91 Å². The molecule has 0 aliphatic carbocycles. The predicted molar refractivity (Wildman–Crippen MR) is 98.1 cm³/mol. The van der Waals surface area contributed by atoms with Gasteiger partial charge in [-0.25, -0.2) is 9.07 Å². The van der Waals surface area contributed by atoms with Crippen LogP contribution in [0.25, 0.3) is 16.6 Å². The van der Waals surface area contributed by atoms with Crippen LogP contribution in [-0.4, -0.2) is 37.3 Å². The van der Waals surface area contributed by atoms with Crippen molar-refractivity contribution in [3.63, 3.8) is 0 Å². The Bertz CT molecular complexity index is 1150. The van der Waals surface area contributed by atoms with Gasteiger partial charge in [0.05, 0.1) is 23.1 Å². The van der Waals surface area contributed by atoms with Gasteiger partial charge < -0.3 is 4.90 Å². The van der Waals surface area contributed by atoms with Gasteiger partial charge in [0, 0.05) is 30.5 Å². The molecule has 7 heteroatoms. The maximum absolute atomic E-state index is 13.6. The SMILES string of the molecule is O=C(c1n[nH]c2ccc(F)cc12)N1CCc2c(cnn2-c2ccccc2)C1. The van der Waals surface area contributed by atoms with Crippen LogP contribution < -0.4 is 0 Å². The number of halogens is 1. The molecule has 0 saturated carbocycles. The number of hydrogen-bond acceptors (Lipinski definition) is 3. The lowest BCUT2D eigenvalue weighted by Gasteiger charge is -2.27. The number of carbonyl (C=O) groups is 1. The Hall–Kier alpha value is -3.48. The smallest absolute Gasteiger partial charge is 0.275 e. The maximum Gasteiger partial charge on any atom is 0.275 e. The number of amides is 1. The Morgan fingerprint density at radius 2 is 2.00 bits per heavy atom. The summed E-state index contributed by atoms with van der Waals surface area (Å²) in [5.41, 5.74) is 4.04. The molecule has 1 amide bonds. The van der Waals surface area contributed by atoms with Crippen molar-refractivity contribution in [2.24, 2.45) is 0 Å². The quantitative estimate of drug-likeness (QED) is 0.597. The monoisotopic (exact) mass is 361 g/mol. The van der Waals surface area contributed by atoms with Crippen LogP contribution in [0.15, 0.2) is 54.7 Å². The van der Waals surface area contributed by atoms with Crippen LogP contribution in [0.2, 0.25) is 0 Å². The molecular formula is C20H16FN5O. The summed E-state index contributed by atoms with van der Waals surface area (Å²) in [5.74, 6) is -0.590. The Morgan fingerprint density at radius 1 is 1.15 bits per heavy atom. The predicted octanol–water partition coefficient (Wildman–Crippen LogP) is 3.09. The fourth-order valence-electron chi connectivity index (χ4n) is 3.60. The van der Waals surface area contributed by atoms with Crippen molar-refractivity contribution in [2.75, 3.05) is 6.54 Å². The normalized spacial score (nSPS) is 13.7. The molecule has 0 radical (unpaired) electrons. The van der Waals surface area contributed by atoms with Crippen LogP contribution in [0.5, 0.6) is 0 Å². The summed E-state index contributed by atoms with van der Waals surface area (Å²) in [6, 6.07) is 14.2. The minimum Gasteiger partial charge on any atom is -0.332 e. The first-order valence-electron chi connectivity index (χ1n) is 8.75. The summed E-state index contributed by atoms with van der Waals surface area (Å²) in [6.45, 7) is 1.03. The second kappa shape index (κ2) is 6.05. The van der Waals surface area contributed by atoms with Gasteiger partial charge in [-0.15, -0.1) is 0 Å². The molecule has 4 aromatic rings. The van der Waals surface area contributed by atoms with Gasteiger partial charge in [0.2, 0.25) is 0 Å². The molecule has 0 spiro atoms. The van der Waals surface area contributed by atoms with Crippen molar-refractivity contribution in [1.29, 1.82) is 0 Å². The third kappa shape index (κ3) is 2.59. The van der Waals surface area contributed by atoms with E-state index in [4.69, 9.17) is 0 Å². The fourth-order valence-corrected chi connectivity index (χ4v) is 3.60. The van der Waals surface area contributed by atoms with Crippen molar-refractivity contribution in [3.8, 4) is 5.69 Å². The van der Waals surface area contributed by atoms with Crippen LogP contribution >= 0.6 is 0 Å². The molecule has 2 aromatic carbocycles. The zero-order chi connectivity index (χ0) is 18.4. The second-order valence-electron chi connectivity index (χ2n) is 6.60. The summed E-state index contributed by atoms with van der Waals surface area (Å²) >= 11 is 0. The third-order valence-electron chi connectivity index (χ3n) is 4.95. The lowest BCUT2D eigenvalue weighted by atomic mass is 10.1. The number of rotatable bonds is 2. The largest absolute Gasteiger partial charge is 0.332 e. The molecule has 3 heterocycles. The van der Waals surface area contributed by atoms with Crippen LogP contribution in [0.4, 0.5) is 4.39 Å². The molecule has 0 bridgehead atoms. The number of nitrogens with one attached hydrogen (secondary N) is 1. The molecule has 6 nitrogen and oxygen atoms in total. The first-order valence-corrected chi connectivity index (χ1v) is 8.75. The molecule has 0 fully saturated rings. The third-order valence-corrected chi connectivity index (χ3v) is 4.95. The number of fused-ring (bicyclic) bond motifs is 2. The maximum atomic E-state index is 13.6. The van der Waals surface area contributed by atoms with Gasteiger partial charge in [-0.3, -0.25) is 9.89 Å². The van der Waals surface area contributed by atoms with Crippen molar-refractivity contribution >= 4 is 16.8 Å². The van der Waals surface area contributed by atoms with E-state index in [9.17, 15) is 9.18 Å². The van der Waals surface area contributed by atoms with Crippen molar-refractivity contribution in [3.05, 3.63) is 77.5 Å². The van der Waals surface area contributed by atoms with E-state index < -0.39 is 0 Å². The van der Waals surface area contributed by atoms with Gasteiger partial charge in [0.15, 0.2) is 5.69 Å². The number of benzene rings is 2. The zero-order valence-corrected chi connectivity index (χ0v) is 14.4. The number of carbonyl (C=O) groups excluding carboxylic acids is 1. The molecular weight excluding hydrogens is 345 g/mol. The fraction of sp³-hybridized carbons (Fsp3) is 0.150. The number of nitrogens with zero attached hydrogens (tertiary/aromatic N) is 4. The molecule has 1 aliphatic rings. The van der Waals surface area contributed by atoms with E-state index >= 15 is 0 Å². The Balaban J connectivity index is 1.45. The van der Waals surface area contributed by atoms with E-state index in [1.807, 2.05) is 41.2 Å². The van der Waals surface area contributed by atoms with Crippen LogP contribution in [0.1, 0.15) is 21.7 Å². The average molecular weight is 361 g/mol. The van der Waals surface area contributed by atoms with Crippen LogP contribution in [0.3, 0.4) is 0 Å². The molecule has 0 atom stereocenters. The van der Waals surface area contributed by atoms with Gasteiger partial charge >= 0.3 is 0 Å². The van der Waals surface area contributed by atoms with Gasteiger partial charge in [-0.2, -0.15) is 10.2 Å². The first-order chi connectivity index (χ1) is 13.2. The number of para-hydroxylation sites is 1. The van der Waals surface area contributed by atoms with Gasteiger partial charge in [0.1, 0.15) is 5.82 Å². The highest BCUT2D eigenvalue weighted by Crippen LogP contribution is 2.25. The highest BCUT2D eigenvalue weighted by atomic mass is 19.1. The van der Waals surface area contributed by atoms with Crippen LogP contribution in [-0.2, 0) is 13.0 Å². The van der Waals surface area contributed by atoms with E-state index in [0.29, 0.717) is 30.4 Å². The topological polar surface area (TPSA) is 66.8 Å². The van der Waals surface area contributed by atoms with E-state index in [2.05, 4.69) is 15.3 Å². The average Bonchev–Trinajstić information content (AvgIpc) is 3.31. The van der Waals surface area contributed by atoms with Crippen molar-refractivity contribution in [2.45, 2.75) is 13.0 Å². The van der Waals surface area contributed by atoms with Crippen molar-refractivity contribution in [1.82, 2.24) is 24.9 Å². The number of aromatic nitrogens is 4. The molecule has 1 aliphatic heterocycles. The first kappa shape index (κ1) is 15.7. The molecule has 2 aromatic heterocycles. The molecule has 5 rings (SSSR count). The second-order valence-corrected chi connectivity index (χ2v) is 6.60. The number of aromatic amines is 1. The lowest BCUT2D eigenvalue weighted by molar-refractivity contribution is 0.0729. The molecule has 1 N–H and O–H groups in total. The van der Waals surface area contributed by atoms with Gasteiger partial charge in [-0.05, 0) is 30.3 Å². The standard InChI is InChI=1S/C20H16FN5O/c21-14-6-7-17-16(10-14)19(24-23-17)20(27)25-9-8-18-13(12-25)11-22-26(18)15-4-2-1-3-5-15/h1-7,10-11H,8-9,12H2,(H,23,24). The van der Waals surface area contributed by atoms with Crippen molar-refractivity contribution < 1.29 is 9.18 Å². The van der Waals surface area contributed by atoms with E-state index in [1.165, 1.54) is 12.1 Å². The highest BCUT2D eigenvalue weighted by molar-refractivity contribution is 6.04. The highest BCUT2D eigenvalue weighted by Gasteiger charge is 2.27. The molecule has 134 valence electrons. The molecule has 27 heavy (non-hydrogen) atoms. The Kier molecular flexibility index (Phi) is 3.53. The summed E-state index contributed by atoms with van der Waals surface area (Å²) in [7, 11) is 0. The molecule has 0 saturated heterocycles. The van der Waals surface area contributed by atoms with E-state index in [0.717, 1.165) is 16.9 Å². The van der Waals surface area contributed by atoms with Crippen LogP contribution in [0, 0.1) is 5.82 Å². The lowest BCUT2D eigenvalue weighted by Crippen LogP contribution is -2.36. The summed E-state index contributed by atoms with van der Waals surface area (Å²) in [4.78, 5) is 14.7. The van der Waals surface area contributed by atoms with Gasteiger partial charge in [-0.1, -0.05) is 18.2 Å². The molecule has 0 unspecified atom stereocenters. The zero-order valence-electron chi connectivity index (χ0n) is 14.4. The summed E-state index contributed by atoms with van der Waals surface area (Å²) in [6.07, 6.45) is 2.51. The summed E-state index contributed by atoms with van der Waals surface area (Å²) in [5, 5.41) is 11.9. The minimum absolute atomic E-state index is 0.204. The summed E-state index contributed by atoms with van der Waals surface area (Å²) < 4.78 is 15.5. The number of hydrogen-bond donors (Lipinski definition) is 1.